The van der Waals surface area contributed by atoms with Gasteiger partial charge in [-0.1, -0.05) is 30.1 Å². The molecule has 1 aromatic heterocycles. The molecular formula is C10H11Cl2F3N2. The van der Waals surface area contributed by atoms with Crippen LogP contribution in [0.15, 0.2) is 12.1 Å². The van der Waals surface area contributed by atoms with Gasteiger partial charge in [0.05, 0.1) is 17.3 Å². The third kappa shape index (κ3) is 5.10. The summed E-state index contributed by atoms with van der Waals surface area (Å²) in [6.45, 7) is 0.928. The van der Waals surface area contributed by atoms with E-state index in [4.69, 9.17) is 23.2 Å². The fourth-order valence-corrected chi connectivity index (χ4v) is 1.64. The van der Waals surface area contributed by atoms with Gasteiger partial charge in [-0.25, -0.2) is 4.98 Å². The van der Waals surface area contributed by atoms with Crippen LogP contribution >= 0.6 is 23.2 Å². The van der Waals surface area contributed by atoms with Gasteiger partial charge in [0.25, 0.3) is 0 Å². The molecule has 0 aliphatic heterocycles. The van der Waals surface area contributed by atoms with Crippen LogP contribution in [0.5, 0.6) is 0 Å². The van der Waals surface area contributed by atoms with Crippen LogP contribution in [-0.2, 0) is 6.54 Å². The Morgan fingerprint density at radius 2 is 1.94 bits per heavy atom. The molecule has 0 spiro atoms. The molecule has 0 bridgehead atoms. The fraction of sp³-hybridized carbons (Fsp3) is 0.500. The number of pyridine rings is 1. The highest BCUT2D eigenvalue weighted by molar-refractivity contribution is 6.32. The lowest BCUT2D eigenvalue weighted by Crippen LogP contribution is -2.34. The number of hydrogen-bond donors (Lipinski definition) is 0. The van der Waals surface area contributed by atoms with Gasteiger partial charge in [-0.3, -0.25) is 4.90 Å². The quantitative estimate of drug-likeness (QED) is 0.784. The molecule has 0 radical (unpaired) electrons. The third-order valence-electron chi connectivity index (χ3n) is 2.11. The zero-order chi connectivity index (χ0) is 13.1. The lowest BCUT2D eigenvalue weighted by molar-refractivity contribution is -0.146. The molecule has 2 nitrogen and oxygen atoms in total. The molecular weight excluding hydrogens is 276 g/mol. The Bertz CT molecular complexity index is 382. The van der Waals surface area contributed by atoms with Crippen molar-refractivity contribution in [3.05, 3.63) is 28.0 Å². The Morgan fingerprint density at radius 1 is 1.29 bits per heavy atom. The van der Waals surface area contributed by atoms with Crippen LogP contribution < -0.4 is 0 Å². The lowest BCUT2D eigenvalue weighted by atomic mass is 10.3. The maximum Gasteiger partial charge on any atom is 0.401 e. The zero-order valence-electron chi connectivity index (χ0n) is 9.06. The highest BCUT2D eigenvalue weighted by Gasteiger charge is 2.30. The van der Waals surface area contributed by atoms with Gasteiger partial charge in [0.1, 0.15) is 5.15 Å². The summed E-state index contributed by atoms with van der Waals surface area (Å²) in [5, 5.41) is 0.530. The van der Waals surface area contributed by atoms with E-state index in [2.05, 4.69) is 4.98 Å². The van der Waals surface area contributed by atoms with E-state index in [0.717, 1.165) is 0 Å². The van der Waals surface area contributed by atoms with Crippen molar-refractivity contribution < 1.29 is 13.2 Å². The minimum atomic E-state index is -4.24. The summed E-state index contributed by atoms with van der Waals surface area (Å²) in [7, 11) is 0. The van der Waals surface area contributed by atoms with Crippen molar-refractivity contribution in [1.29, 1.82) is 0 Å². The molecule has 0 aliphatic carbocycles. The molecule has 7 heteroatoms. The second kappa shape index (κ2) is 5.89. The van der Waals surface area contributed by atoms with E-state index >= 15 is 0 Å². The van der Waals surface area contributed by atoms with Crippen LogP contribution in [-0.4, -0.2) is 29.1 Å². The molecule has 0 aliphatic rings. The number of alkyl halides is 3. The first-order valence-corrected chi connectivity index (χ1v) is 5.67. The molecule has 0 saturated carbocycles. The number of nitrogens with zero attached hydrogens (tertiary/aromatic N) is 2. The van der Waals surface area contributed by atoms with E-state index in [1.165, 1.54) is 17.0 Å². The monoisotopic (exact) mass is 286 g/mol. The first-order chi connectivity index (χ1) is 7.81. The van der Waals surface area contributed by atoms with Crippen molar-refractivity contribution in [2.24, 2.45) is 0 Å². The summed E-state index contributed by atoms with van der Waals surface area (Å²) >= 11 is 11.5. The maximum absolute atomic E-state index is 12.3. The summed E-state index contributed by atoms with van der Waals surface area (Å²) in [6, 6.07) is 3.01. The van der Waals surface area contributed by atoms with Crippen molar-refractivity contribution >= 4 is 23.2 Å². The molecule has 17 heavy (non-hydrogen) atoms. The minimum absolute atomic E-state index is 0.0232. The van der Waals surface area contributed by atoms with E-state index < -0.39 is 12.7 Å². The van der Waals surface area contributed by atoms with Gasteiger partial charge in [-0.2, -0.15) is 13.2 Å². The average Bonchev–Trinajstić information content (AvgIpc) is 2.20. The van der Waals surface area contributed by atoms with Crippen molar-refractivity contribution in [2.45, 2.75) is 19.6 Å². The largest absolute Gasteiger partial charge is 0.401 e. The molecule has 1 rings (SSSR count). The van der Waals surface area contributed by atoms with Gasteiger partial charge in [0.15, 0.2) is 0 Å². The molecule has 0 N–H and O–H groups in total. The van der Waals surface area contributed by atoms with Crippen molar-refractivity contribution in [2.75, 3.05) is 13.1 Å². The summed E-state index contributed by atoms with van der Waals surface area (Å²) in [6.07, 6.45) is -4.24. The number of aromatic nitrogens is 1. The molecule has 1 heterocycles. The molecule has 0 aromatic carbocycles. The summed E-state index contributed by atoms with van der Waals surface area (Å²) in [5.41, 5.74) is 0.352. The molecule has 0 fully saturated rings. The smallest absolute Gasteiger partial charge is 0.289 e. The van der Waals surface area contributed by atoms with Gasteiger partial charge in [-0.05, 0) is 18.7 Å². The summed E-state index contributed by atoms with van der Waals surface area (Å²) in [4.78, 5) is 5.11. The Labute approximate surface area is 107 Å². The number of hydrogen-bond acceptors (Lipinski definition) is 2. The minimum Gasteiger partial charge on any atom is -0.289 e. The predicted molar refractivity (Wildman–Crippen MR) is 61.3 cm³/mol. The van der Waals surface area contributed by atoms with Crippen LogP contribution in [0.3, 0.4) is 0 Å². The summed E-state index contributed by atoms with van der Waals surface area (Å²) < 4.78 is 36.8. The maximum atomic E-state index is 12.3. The second-order valence-corrected chi connectivity index (χ2v) is 4.28. The zero-order valence-corrected chi connectivity index (χ0v) is 10.6. The first-order valence-electron chi connectivity index (χ1n) is 4.92. The number of rotatable bonds is 4. The van der Waals surface area contributed by atoms with Crippen molar-refractivity contribution in [3.63, 3.8) is 0 Å². The molecule has 0 atom stereocenters. The Balaban J connectivity index is 2.77. The standard InChI is InChI=1S/C10H11Cl2F3N2/c1-2-17(6-10(13,14)15)5-8-7(11)3-4-9(12)16-8/h3-4H,2,5-6H2,1H3. The lowest BCUT2D eigenvalue weighted by Gasteiger charge is -2.21. The van der Waals surface area contributed by atoms with Crippen LogP contribution in [0.2, 0.25) is 10.2 Å². The first kappa shape index (κ1) is 14.5. The third-order valence-corrected chi connectivity index (χ3v) is 2.66. The van der Waals surface area contributed by atoms with E-state index in [9.17, 15) is 13.2 Å². The van der Waals surface area contributed by atoms with Gasteiger partial charge in [-0.15, -0.1) is 0 Å². The molecule has 1 aromatic rings. The van der Waals surface area contributed by atoms with Crippen molar-refractivity contribution in [3.8, 4) is 0 Å². The number of halogens is 5. The van der Waals surface area contributed by atoms with Crippen LogP contribution in [0.25, 0.3) is 0 Å². The van der Waals surface area contributed by atoms with E-state index in [-0.39, 0.29) is 18.2 Å². The SMILES string of the molecule is CCN(Cc1nc(Cl)ccc1Cl)CC(F)(F)F. The topological polar surface area (TPSA) is 16.1 Å². The Hall–Kier alpha value is -0.520. The normalized spacial score (nSPS) is 12.2. The molecule has 0 unspecified atom stereocenters. The Kier molecular flexibility index (Phi) is 5.04. The van der Waals surface area contributed by atoms with Gasteiger partial charge in [0, 0.05) is 6.54 Å². The molecule has 96 valence electrons. The Morgan fingerprint density at radius 3 is 2.47 bits per heavy atom. The second-order valence-electron chi connectivity index (χ2n) is 3.48. The van der Waals surface area contributed by atoms with Gasteiger partial charge in [0.2, 0.25) is 0 Å². The summed E-state index contributed by atoms with van der Waals surface area (Å²) in [5.74, 6) is 0. The highest BCUT2D eigenvalue weighted by Crippen LogP contribution is 2.21. The van der Waals surface area contributed by atoms with Gasteiger partial charge >= 0.3 is 6.18 Å². The highest BCUT2D eigenvalue weighted by atomic mass is 35.5. The molecule has 0 saturated heterocycles. The van der Waals surface area contributed by atoms with Crippen LogP contribution in [0.4, 0.5) is 13.2 Å². The molecule has 0 amide bonds. The van der Waals surface area contributed by atoms with E-state index in [1.54, 1.807) is 6.92 Å². The van der Waals surface area contributed by atoms with Crippen LogP contribution in [0, 0.1) is 0 Å². The van der Waals surface area contributed by atoms with E-state index in [1.807, 2.05) is 0 Å². The van der Waals surface area contributed by atoms with Crippen molar-refractivity contribution in [1.82, 2.24) is 9.88 Å². The van der Waals surface area contributed by atoms with Gasteiger partial charge < -0.3 is 0 Å². The average molecular weight is 287 g/mol. The van der Waals surface area contributed by atoms with Crippen LogP contribution in [0.1, 0.15) is 12.6 Å². The van der Waals surface area contributed by atoms with E-state index in [0.29, 0.717) is 10.7 Å². The fourth-order valence-electron chi connectivity index (χ4n) is 1.31. The predicted octanol–water partition coefficient (Wildman–Crippen LogP) is 3.77.